The molecular weight excluding hydrogens is 446 g/mol. The van der Waals surface area contributed by atoms with Crippen LogP contribution in [0, 0.1) is 0 Å². The number of nitrogens with zero attached hydrogens (tertiary/aromatic N) is 1. The van der Waals surface area contributed by atoms with E-state index in [1.807, 2.05) is 49.4 Å². The lowest BCUT2D eigenvalue weighted by Crippen LogP contribution is -2.33. The molecule has 0 saturated carbocycles. The molecule has 2 aromatic carbocycles. The molecule has 1 saturated heterocycles. The van der Waals surface area contributed by atoms with Crippen molar-refractivity contribution in [2.45, 2.75) is 50.9 Å². The maximum atomic E-state index is 10.1. The average molecular weight is 480 g/mol. The van der Waals surface area contributed by atoms with Crippen molar-refractivity contribution < 1.29 is 29.6 Å². The Labute approximate surface area is 200 Å². The first-order valence-corrected chi connectivity index (χ1v) is 11.5. The number of halogens is 1. The van der Waals surface area contributed by atoms with Crippen molar-refractivity contribution in [2.75, 3.05) is 26.9 Å². The molecule has 182 valence electrons. The molecule has 2 aromatic rings. The minimum absolute atomic E-state index is 0.0955. The molecule has 0 amide bonds. The minimum atomic E-state index is -0.479. The summed E-state index contributed by atoms with van der Waals surface area (Å²) in [5.41, 5.74) is 3.07. The molecule has 8 heteroatoms. The number of hydrogen-bond donors (Lipinski definition) is 3. The molecule has 1 aliphatic rings. The summed E-state index contributed by atoms with van der Waals surface area (Å²) in [6.45, 7) is 2.89. The van der Waals surface area contributed by atoms with Crippen LogP contribution in [0.5, 0.6) is 5.75 Å². The van der Waals surface area contributed by atoms with Gasteiger partial charge in [-0.1, -0.05) is 41.0 Å². The Bertz CT molecular complexity index is 845. The largest absolute Gasteiger partial charge is 0.493 e. The monoisotopic (exact) mass is 479 g/mol. The maximum Gasteiger partial charge on any atom is 0.119 e. The van der Waals surface area contributed by atoms with Crippen molar-refractivity contribution in [2.24, 2.45) is 5.16 Å². The molecule has 1 heterocycles. The Balaban J connectivity index is 0.00000187. The first kappa shape index (κ1) is 27.1. The van der Waals surface area contributed by atoms with Gasteiger partial charge in [-0.25, -0.2) is 0 Å². The SMILES string of the molecule is CCO/N=C/CCOc1ccc(Cc2cc(C3CC(O)CC(CO)O3)ccc2Cl)cc1.CO. The van der Waals surface area contributed by atoms with E-state index in [2.05, 4.69) is 5.16 Å². The fraction of sp³-hybridized carbons (Fsp3) is 0.480. The Morgan fingerprint density at radius 1 is 1.15 bits per heavy atom. The van der Waals surface area contributed by atoms with E-state index in [0.29, 0.717) is 43.9 Å². The summed E-state index contributed by atoms with van der Waals surface area (Å²) in [5.74, 6) is 0.799. The van der Waals surface area contributed by atoms with Crippen LogP contribution in [0.15, 0.2) is 47.6 Å². The third kappa shape index (κ3) is 8.95. The summed E-state index contributed by atoms with van der Waals surface area (Å²) in [4.78, 5) is 4.90. The minimum Gasteiger partial charge on any atom is -0.493 e. The maximum absolute atomic E-state index is 10.1. The van der Waals surface area contributed by atoms with Crippen molar-refractivity contribution in [1.29, 1.82) is 0 Å². The molecule has 1 aliphatic heterocycles. The quantitative estimate of drug-likeness (QED) is 0.271. The summed E-state index contributed by atoms with van der Waals surface area (Å²) in [6.07, 6.45) is 2.95. The number of aliphatic hydroxyl groups excluding tert-OH is 3. The highest BCUT2D eigenvalue weighted by Crippen LogP contribution is 2.33. The lowest BCUT2D eigenvalue weighted by Gasteiger charge is -2.32. The molecule has 33 heavy (non-hydrogen) atoms. The van der Waals surface area contributed by atoms with Crippen LogP contribution in [0.25, 0.3) is 0 Å². The van der Waals surface area contributed by atoms with E-state index in [1.54, 1.807) is 6.21 Å². The summed E-state index contributed by atoms with van der Waals surface area (Å²) in [6, 6.07) is 13.8. The fourth-order valence-corrected chi connectivity index (χ4v) is 3.77. The fourth-order valence-electron chi connectivity index (χ4n) is 3.59. The van der Waals surface area contributed by atoms with Crippen molar-refractivity contribution in [3.63, 3.8) is 0 Å². The predicted octanol–water partition coefficient (Wildman–Crippen LogP) is 3.90. The van der Waals surface area contributed by atoms with Crippen molar-refractivity contribution >= 4 is 17.8 Å². The van der Waals surface area contributed by atoms with Gasteiger partial charge in [0, 0.05) is 37.6 Å². The standard InChI is InChI=1S/C24H30ClNO5.CH4O/c1-2-30-26-10-3-11-29-21-7-4-17(5-8-21)12-19-13-18(6-9-23(19)25)24-15-20(28)14-22(16-27)31-24;1-2/h4-10,13,20,22,24,27-28H,2-3,11-12,14-16H2,1H3;2H,1H3/b26-10+;. The molecule has 0 aromatic heterocycles. The van der Waals surface area contributed by atoms with Crippen LogP contribution >= 0.6 is 11.6 Å². The number of ether oxygens (including phenoxy) is 2. The van der Waals surface area contributed by atoms with Crippen LogP contribution < -0.4 is 4.74 Å². The molecule has 0 spiro atoms. The van der Waals surface area contributed by atoms with Crippen LogP contribution in [0.3, 0.4) is 0 Å². The van der Waals surface area contributed by atoms with E-state index in [0.717, 1.165) is 29.5 Å². The number of oxime groups is 1. The zero-order valence-corrected chi connectivity index (χ0v) is 19.9. The normalized spacial score (nSPS) is 20.2. The molecule has 1 fully saturated rings. The molecular formula is C25H34ClNO6. The molecule has 3 atom stereocenters. The highest BCUT2D eigenvalue weighted by Gasteiger charge is 2.29. The lowest BCUT2D eigenvalue weighted by atomic mass is 9.94. The Morgan fingerprint density at radius 3 is 2.61 bits per heavy atom. The number of aliphatic hydroxyl groups is 3. The lowest BCUT2D eigenvalue weighted by molar-refractivity contribution is -0.113. The second-order valence-corrected chi connectivity index (χ2v) is 7.98. The topological polar surface area (TPSA) is 101 Å². The summed E-state index contributed by atoms with van der Waals surface area (Å²) in [5, 5.41) is 31.0. The Hall–Kier alpha value is -2.16. The van der Waals surface area contributed by atoms with Crippen LogP contribution in [-0.2, 0) is 16.0 Å². The molecule has 7 nitrogen and oxygen atoms in total. The van der Waals surface area contributed by atoms with Gasteiger partial charge in [-0.2, -0.15) is 0 Å². The van der Waals surface area contributed by atoms with Gasteiger partial charge < -0.3 is 29.6 Å². The van der Waals surface area contributed by atoms with Gasteiger partial charge in [0.25, 0.3) is 0 Å². The highest BCUT2D eigenvalue weighted by atomic mass is 35.5. The van der Waals surface area contributed by atoms with Crippen molar-refractivity contribution in [3.8, 4) is 5.75 Å². The molecule has 0 radical (unpaired) electrons. The van der Waals surface area contributed by atoms with E-state index in [1.165, 1.54) is 0 Å². The van der Waals surface area contributed by atoms with Gasteiger partial charge in [-0.3, -0.25) is 0 Å². The number of rotatable bonds is 10. The first-order valence-electron chi connectivity index (χ1n) is 11.1. The zero-order chi connectivity index (χ0) is 24.1. The van der Waals surface area contributed by atoms with Crippen LogP contribution in [0.2, 0.25) is 5.02 Å². The van der Waals surface area contributed by atoms with Gasteiger partial charge in [0.1, 0.15) is 12.4 Å². The predicted molar refractivity (Wildman–Crippen MR) is 129 cm³/mol. The number of benzene rings is 2. The number of hydrogen-bond acceptors (Lipinski definition) is 7. The van der Waals surface area contributed by atoms with E-state index >= 15 is 0 Å². The second kappa shape index (κ2) is 14.9. The third-order valence-corrected chi connectivity index (χ3v) is 5.50. The van der Waals surface area contributed by atoms with Crippen LogP contribution in [-0.4, -0.2) is 60.7 Å². The second-order valence-electron chi connectivity index (χ2n) is 7.57. The smallest absolute Gasteiger partial charge is 0.119 e. The van der Waals surface area contributed by atoms with Crippen LogP contribution in [0.1, 0.15) is 49.0 Å². The summed E-state index contributed by atoms with van der Waals surface area (Å²) >= 11 is 6.44. The van der Waals surface area contributed by atoms with E-state index in [-0.39, 0.29) is 18.8 Å². The van der Waals surface area contributed by atoms with Gasteiger partial charge in [0.15, 0.2) is 0 Å². The van der Waals surface area contributed by atoms with E-state index in [4.69, 9.17) is 31.0 Å². The average Bonchev–Trinajstić information content (AvgIpc) is 2.84. The summed E-state index contributed by atoms with van der Waals surface area (Å²) in [7, 11) is 1.00. The third-order valence-electron chi connectivity index (χ3n) is 5.13. The van der Waals surface area contributed by atoms with E-state index < -0.39 is 6.10 Å². The van der Waals surface area contributed by atoms with Gasteiger partial charge >= 0.3 is 0 Å². The summed E-state index contributed by atoms with van der Waals surface area (Å²) < 4.78 is 11.6. The highest BCUT2D eigenvalue weighted by molar-refractivity contribution is 6.31. The van der Waals surface area contributed by atoms with Gasteiger partial charge in [0.2, 0.25) is 0 Å². The molecule has 3 unspecified atom stereocenters. The van der Waals surface area contributed by atoms with Gasteiger partial charge in [0.05, 0.1) is 31.5 Å². The van der Waals surface area contributed by atoms with Crippen molar-refractivity contribution in [1.82, 2.24) is 0 Å². The van der Waals surface area contributed by atoms with Gasteiger partial charge in [-0.15, -0.1) is 0 Å². The molecule has 0 aliphatic carbocycles. The zero-order valence-electron chi connectivity index (χ0n) is 19.2. The van der Waals surface area contributed by atoms with Gasteiger partial charge in [-0.05, 0) is 48.2 Å². The first-order chi connectivity index (χ1) is 16.1. The van der Waals surface area contributed by atoms with E-state index in [9.17, 15) is 10.2 Å². The molecule has 0 bridgehead atoms. The van der Waals surface area contributed by atoms with Crippen LogP contribution in [0.4, 0.5) is 0 Å². The van der Waals surface area contributed by atoms with Crippen molar-refractivity contribution in [3.05, 3.63) is 64.2 Å². The molecule has 3 rings (SSSR count). The Morgan fingerprint density at radius 2 is 1.91 bits per heavy atom. The Kier molecular flexibility index (Phi) is 12.2. The molecule has 3 N–H and O–H groups in total.